The molecule has 0 atom stereocenters. The number of phenolic OH excluding ortho intramolecular Hbond substituents is 1. The van der Waals surface area contributed by atoms with Gasteiger partial charge in [0.15, 0.2) is 11.6 Å². The van der Waals surface area contributed by atoms with E-state index < -0.39 is 11.6 Å². The van der Waals surface area contributed by atoms with Crippen molar-refractivity contribution in [2.45, 2.75) is 0 Å². The molecule has 0 bridgehead atoms. The highest BCUT2D eigenvalue weighted by Gasteiger charge is 2.10. The van der Waals surface area contributed by atoms with Gasteiger partial charge in [0.2, 0.25) is 0 Å². The molecule has 0 unspecified atom stereocenters. The summed E-state index contributed by atoms with van der Waals surface area (Å²) >= 11 is 0. The Bertz CT molecular complexity index is 1040. The van der Waals surface area contributed by atoms with Crippen molar-refractivity contribution in [3.05, 3.63) is 78.5 Å². The molecule has 4 aromatic rings. The first-order valence-electron chi connectivity index (χ1n) is 7.34. The minimum atomic E-state index is -0.677. The minimum Gasteiger partial charge on any atom is -0.505 e. The van der Waals surface area contributed by atoms with E-state index in [1.807, 2.05) is 30.3 Å². The number of benzene rings is 3. The van der Waals surface area contributed by atoms with E-state index in [0.29, 0.717) is 10.9 Å². The van der Waals surface area contributed by atoms with E-state index in [1.54, 1.807) is 16.9 Å². The number of rotatable bonds is 2. The molecule has 0 saturated heterocycles. The summed E-state index contributed by atoms with van der Waals surface area (Å²) in [6.45, 7) is 0. The first-order chi connectivity index (χ1) is 11.6. The van der Waals surface area contributed by atoms with Gasteiger partial charge in [0, 0.05) is 11.5 Å². The number of aromatic nitrogens is 2. The van der Waals surface area contributed by atoms with E-state index >= 15 is 0 Å². The summed E-state index contributed by atoms with van der Waals surface area (Å²) in [6.07, 6.45) is 1.54. The van der Waals surface area contributed by atoms with Crippen LogP contribution < -0.4 is 0 Å². The Labute approximate surface area is 136 Å². The third-order valence-corrected chi connectivity index (χ3v) is 3.91. The second kappa shape index (κ2) is 5.45. The van der Waals surface area contributed by atoms with Crippen LogP contribution in [0.5, 0.6) is 5.75 Å². The first kappa shape index (κ1) is 14.4. The number of hydrogen-bond acceptors (Lipinski definition) is 2. The minimum absolute atomic E-state index is 0.285. The third kappa shape index (κ3) is 2.40. The van der Waals surface area contributed by atoms with E-state index in [1.165, 1.54) is 24.3 Å². The highest BCUT2D eigenvalue weighted by Crippen LogP contribution is 2.27. The molecular weight excluding hydrogens is 310 g/mol. The summed E-state index contributed by atoms with van der Waals surface area (Å²) in [5, 5.41) is 14.4. The van der Waals surface area contributed by atoms with Gasteiger partial charge in [0.25, 0.3) is 0 Å². The van der Waals surface area contributed by atoms with Crippen molar-refractivity contribution in [3.8, 4) is 22.6 Å². The lowest BCUT2D eigenvalue weighted by atomic mass is 10.1. The molecular formula is C19H12F2N2O. The van der Waals surface area contributed by atoms with Crippen molar-refractivity contribution in [2.24, 2.45) is 0 Å². The molecule has 4 rings (SSSR count). The maximum absolute atomic E-state index is 13.4. The molecule has 24 heavy (non-hydrogen) atoms. The largest absolute Gasteiger partial charge is 0.505 e. The normalized spacial score (nSPS) is 11.1. The number of fused-ring (bicyclic) bond motifs is 1. The summed E-state index contributed by atoms with van der Waals surface area (Å²) in [5.74, 6) is -1.38. The molecule has 0 saturated carbocycles. The van der Waals surface area contributed by atoms with Gasteiger partial charge in [-0.2, -0.15) is 5.10 Å². The standard InChI is InChI=1S/C19H12F2N2O/c20-15-3-1-2-13(8-15)12-4-6-16(7-5-12)23-18-10-19(24)17(21)9-14(18)11-22-23/h1-11,24H. The predicted molar refractivity (Wildman–Crippen MR) is 88.1 cm³/mol. The number of phenols is 1. The van der Waals surface area contributed by atoms with Crippen molar-refractivity contribution in [1.29, 1.82) is 0 Å². The van der Waals surface area contributed by atoms with E-state index in [4.69, 9.17) is 0 Å². The number of halogens is 2. The zero-order valence-electron chi connectivity index (χ0n) is 12.4. The highest BCUT2D eigenvalue weighted by atomic mass is 19.1. The van der Waals surface area contributed by atoms with Crippen molar-refractivity contribution in [1.82, 2.24) is 9.78 Å². The van der Waals surface area contributed by atoms with Crippen molar-refractivity contribution in [2.75, 3.05) is 0 Å². The Balaban J connectivity index is 1.77. The molecule has 0 aliphatic carbocycles. The Morgan fingerprint density at radius 2 is 1.67 bits per heavy atom. The maximum atomic E-state index is 13.4. The van der Waals surface area contributed by atoms with Gasteiger partial charge < -0.3 is 5.11 Å². The van der Waals surface area contributed by atoms with Crippen LogP contribution in [0.3, 0.4) is 0 Å². The predicted octanol–water partition coefficient (Wildman–Crippen LogP) is 4.68. The lowest BCUT2D eigenvalue weighted by molar-refractivity contribution is 0.433. The Kier molecular flexibility index (Phi) is 3.27. The van der Waals surface area contributed by atoms with Crippen LogP contribution in [0.1, 0.15) is 0 Å². The molecule has 0 spiro atoms. The van der Waals surface area contributed by atoms with Crippen LogP contribution in [0, 0.1) is 11.6 Å². The van der Waals surface area contributed by atoms with E-state index in [2.05, 4.69) is 5.10 Å². The number of nitrogens with zero attached hydrogens (tertiary/aromatic N) is 2. The molecule has 3 aromatic carbocycles. The molecule has 1 N–H and O–H groups in total. The van der Waals surface area contributed by atoms with Gasteiger partial charge in [-0.25, -0.2) is 13.5 Å². The molecule has 1 heterocycles. The molecule has 0 aliphatic heterocycles. The van der Waals surface area contributed by atoms with Crippen LogP contribution in [-0.2, 0) is 0 Å². The Hall–Kier alpha value is -3.21. The number of hydrogen-bond donors (Lipinski definition) is 1. The average Bonchev–Trinajstić information content (AvgIpc) is 2.98. The highest BCUT2D eigenvalue weighted by molar-refractivity contribution is 5.82. The second-order valence-electron chi connectivity index (χ2n) is 5.48. The zero-order chi connectivity index (χ0) is 16.7. The molecule has 0 radical (unpaired) electrons. The van der Waals surface area contributed by atoms with Crippen LogP contribution >= 0.6 is 0 Å². The van der Waals surface area contributed by atoms with Gasteiger partial charge in [0.05, 0.1) is 17.4 Å². The van der Waals surface area contributed by atoms with Crippen molar-refractivity contribution < 1.29 is 13.9 Å². The fourth-order valence-electron chi connectivity index (χ4n) is 2.70. The zero-order valence-corrected chi connectivity index (χ0v) is 12.4. The molecule has 0 amide bonds. The van der Waals surface area contributed by atoms with Gasteiger partial charge in [-0.05, 0) is 41.5 Å². The van der Waals surface area contributed by atoms with Gasteiger partial charge >= 0.3 is 0 Å². The Morgan fingerprint density at radius 3 is 2.42 bits per heavy atom. The second-order valence-corrected chi connectivity index (χ2v) is 5.48. The summed E-state index contributed by atoms with van der Waals surface area (Å²) in [7, 11) is 0. The molecule has 1 aromatic heterocycles. The maximum Gasteiger partial charge on any atom is 0.165 e. The van der Waals surface area contributed by atoms with Gasteiger partial charge in [-0.15, -0.1) is 0 Å². The summed E-state index contributed by atoms with van der Waals surface area (Å²) < 4.78 is 28.4. The van der Waals surface area contributed by atoms with Crippen LogP contribution in [0.25, 0.3) is 27.7 Å². The molecule has 118 valence electrons. The summed E-state index contributed by atoms with van der Waals surface area (Å²) in [6, 6.07) is 16.4. The van der Waals surface area contributed by atoms with E-state index in [9.17, 15) is 13.9 Å². The van der Waals surface area contributed by atoms with Crippen LogP contribution in [0.4, 0.5) is 8.78 Å². The fraction of sp³-hybridized carbons (Fsp3) is 0. The third-order valence-electron chi connectivity index (χ3n) is 3.91. The number of aromatic hydroxyl groups is 1. The van der Waals surface area contributed by atoms with Gasteiger partial charge in [0.1, 0.15) is 5.82 Å². The topological polar surface area (TPSA) is 38.1 Å². The monoisotopic (exact) mass is 322 g/mol. The fourth-order valence-corrected chi connectivity index (χ4v) is 2.70. The smallest absolute Gasteiger partial charge is 0.165 e. The van der Waals surface area contributed by atoms with Crippen molar-refractivity contribution in [3.63, 3.8) is 0 Å². The van der Waals surface area contributed by atoms with E-state index in [-0.39, 0.29) is 5.82 Å². The molecule has 3 nitrogen and oxygen atoms in total. The van der Waals surface area contributed by atoms with Gasteiger partial charge in [-0.1, -0.05) is 24.3 Å². The molecule has 0 aliphatic rings. The first-order valence-corrected chi connectivity index (χ1v) is 7.34. The summed E-state index contributed by atoms with van der Waals surface area (Å²) in [4.78, 5) is 0. The quantitative estimate of drug-likeness (QED) is 0.582. The molecule has 5 heteroatoms. The van der Waals surface area contributed by atoms with Crippen molar-refractivity contribution >= 4 is 10.9 Å². The van der Waals surface area contributed by atoms with Gasteiger partial charge in [-0.3, -0.25) is 0 Å². The average molecular weight is 322 g/mol. The molecule has 0 fully saturated rings. The van der Waals surface area contributed by atoms with Crippen LogP contribution in [-0.4, -0.2) is 14.9 Å². The van der Waals surface area contributed by atoms with Crippen LogP contribution in [0.15, 0.2) is 66.9 Å². The lowest BCUT2D eigenvalue weighted by Gasteiger charge is -2.07. The van der Waals surface area contributed by atoms with Crippen LogP contribution in [0.2, 0.25) is 0 Å². The summed E-state index contributed by atoms with van der Waals surface area (Å²) in [5.41, 5.74) is 3.03. The lowest BCUT2D eigenvalue weighted by Crippen LogP contribution is -1.96. The SMILES string of the molecule is Oc1cc2c(cnn2-c2ccc(-c3cccc(F)c3)cc2)cc1F. The van der Waals surface area contributed by atoms with E-state index in [0.717, 1.165) is 16.8 Å². The Morgan fingerprint density at radius 1 is 0.875 bits per heavy atom.